The van der Waals surface area contributed by atoms with E-state index in [1.807, 2.05) is 56.3 Å². The van der Waals surface area contributed by atoms with Crippen molar-refractivity contribution in [2.45, 2.75) is 19.9 Å². The highest BCUT2D eigenvalue weighted by Crippen LogP contribution is 2.40. The Morgan fingerprint density at radius 1 is 1.04 bits per heavy atom. The maximum absolute atomic E-state index is 12.5. The quantitative estimate of drug-likeness (QED) is 0.437. The monoisotopic (exact) mass is 380 g/mol. The third-order valence-corrected chi connectivity index (χ3v) is 4.91. The average Bonchev–Trinajstić information content (AvgIpc) is 2.63. The zero-order valence-corrected chi connectivity index (χ0v) is 15.9. The van der Waals surface area contributed by atoms with Crippen molar-refractivity contribution in [1.29, 1.82) is 0 Å². The fourth-order valence-electron chi connectivity index (χ4n) is 3.56. The minimum Gasteiger partial charge on any atom is -0.507 e. The molecule has 4 aromatic rings. The number of halogens is 1. The summed E-state index contributed by atoms with van der Waals surface area (Å²) in [6, 6.07) is 17.0. The molecule has 0 bridgehead atoms. The summed E-state index contributed by atoms with van der Waals surface area (Å²) in [7, 11) is 0. The Balaban J connectivity index is 0.00000210. The van der Waals surface area contributed by atoms with Gasteiger partial charge in [-0.3, -0.25) is 4.79 Å². The number of pyridine rings is 1. The van der Waals surface area contributed by atoms with Gasteiger partial charge in [-0.25, -0.2) is 0 Å². The largest absolute Gasteiger partial charge is 0.507 e. The second-order valence-corrected chi connectivity index (χ2v) is 6.75. The molecule has 4 N–H and O–H groups in total. The molecule has 1 aromatic heterocycles. The number of nitrogens with two attached hydrogens (primary N) is 1. The lowest BCUT2D eigenvalue weighted by Gasteiger charge is -2.15. The molecule has 0 aliphatic carbocycles. The van der Waals surface area contributed by atoms with Crippen LogP contribution in [0.3, 0.4) is 0 Å². The number of nitrogens with one attached hydrogen (secondary N) is 1. The van der Waals surface area contributed by atoms with Crippen LogP contribution in [0, 0.1) is 6.92 Å². The number of aromatic amines is 1. The number of hydrogen-bond donors (Lipinski definition) is 3. The molecule has 0 amide bonds. The van der Waals surface area contributed by atoms with Crippen LogP contribution in [0.2, 0.25) is 0 Å². The van der Waals surface area contributed by atoms with Crippen LogP contribution >= 0.6 is 12.4 Å². The Bertz CT molecular complexity index is 1200. The topological polar surface area (TPSA) is 79.1 Å². The molecular formula is C22H21ClN2O2. The van der Waals surface area contributed by atoms with Crippen LogP contribution in [0.1, 0.15) is 24.1 Å². The molecule has 0 aliphatic heterocycles. The first kappa shape index (κ1) is 19.0. The van der Waals surface area contributed by atoms with Crippen molar-refractivity contribution < 1.29 is 5.11 Å². The van der Waals surface area contributed by atoms with Gasteiger partial charge in [-0.05, 0) is 48.1 Å². The Morgan fingerprint density at radius 3 is 2.30 bits per heavy atom. The van der Waals surface area contributed by atoms with Crippen molar-refractivity contribution in [2.24, 2.45) is 5.73 Å². The molecule has 0 unspecified atom stereocenters. The summed E-state index contributed by atoms with van der Waals surface area (Å²) < 4.78 is 0. The van der Waals surface area contributed by atoms with E-state index in [1.54, 1.807) is 12.1 Å². The lowest BCUT2D eigenvalue weighted by Crippen LogP contribution is -2.07. The molecule has 0 fully saturated rings. The highest BCUT2D eigenvalue weighted by molar-refractivity contribution is 6.14. The van der Waals surface area contributed by atoms with Gasteiger partial charge in [0.05, 0.1) is 5.52 Å². The average molecular weight is 381 g/mol. The van der Waals surface area contributed by atoms with E-state index in [-0.39, 0.29) is 29.8 Å². The first-order valence-corrected chi connectivity index (χ1v) is 8.60. The first-order chi connectivity index (χ1) is 12.5. The van der Waals surface area contributed by atoms with E-state index in [1.165, 1.54) is 0 Å². The number of fused-ring (bicyclic) bond motifs is 3. The second-order valence-electron chi connectivity index (χ2n) is 6.75. The van der Waals surface area contributed by atoms with E-state index in [0.717, 1.165) is 33.0 Å². The van der Waals surface area contributed by atoms with Gasteiger partial charge in [0.2, 0.25) is 0 Å². The number of phenols is 1. The zero-order valence-electron chi connectivity index (χ0n) is 15.1. The number of aromatic nitrogens is 1. The zero-order chi connectivity index (χ0) is 18.4. The summed E-state index contributed by atoms with van der Waals surface area (Å²) in [5, 5.41) is 13.0. The van der Waals surface area contributed by atoms with Gasteiger partial charge < -0.3 is 15.8 Å². The van der Waals surface area contributed by atoms with E-state index < -0.39 is 0 Å². The number of rotatable bonds is 2. The third-order valence-electron chi connectivity index (χ3n) is 4.91. The Hall–Kier alpha value is -2.82. The van der Waals surface area contributed by atoms with Crippen LogP contribution in [0.4, 0.5) is 0 Å². The lowest BCUT2D eigenvalue weighted by molar-refractivity contribution is 0.477. The first-order valence-electron chi connectivity index (χ1n) is 8.60. The van der Waals surface area contributed by atoms with Crippen LogP contribution in [0.5, 0.6) is 5.75 Å². The number of phenolic OH excluding ortho intramolecular Hbond substituents is 1. The summed E-state index contributed by atoms with van der Waals surface area (Å²) in [6.07, 6.45) is 0. The van der Waals surface area contributed by atoms with Gasteiger partial charge in [-0.2, -0.15) is 0 Å². The van der Waals surface area contributed by atoms with E-state index in [9.17, 15) is 9.90 Å². The Morgan fingerprint density at radius 2 is 1.67 bits per heavy atom. The predicted octanol–water partition coefficient (Wildman–Crippen LogP) is 4.80. The van der Waals surface area contributed by atoms with Crippen molar-refractivity contribution in [3.8, 4) is 16.9 Å². The van der Waals surface area contributed by atoms with Crippen LogP contribution in [-0.4, -0.2) is 10.1 Å². The number of aryl methyl sites for hydroxylation is 1. The van der Waals surface area contributed by atoms with E-state index >= 15 is 0 Å². The summed E-state index contributed by atoms with van der Waals surface area (Å²) in [5.41, 5.74) is 10.0. The highest BCUT2D eigenvalue weighted by Gasteiger charge is 2.16. The third kappa shape index (κ3) is 3.07. The standard InChI is InChI=1S/C22H20N2O2.ClH/c1-12-11-18(25)19(15-9-7-14(8-10-15)13(2)23)20-16-5-3-4-6-17(16)22(26)24-21(12)20;/h3-11,13,25H,23H2,1-2H3,(H,24,26);1H/t13-;/m1./s1. The van der Waals surface area contributed by atoms with Crippen LogP contribution in [0.15, 0.2) is 59.4 Å². The fraction of sp³-hybridized carbons (Fsp3) is 0.136. The normalized spacial score (nSPS) is 12.1. The van der Waals surface area contributed by atoms with Crippen molar-refractivity contribution in [1.82, 2.24) is 4.98 Å². The van der Waals surface area contributed by atoms with Crippen molar-refractivity contribution >= 4 is 34.1 Å². The van der Waals surface area contributed by atoms with Gasteiger partial charge in [-0.15, -0.1) is 12.4 Å². The minimum atomic E-state index is -0.125. The number of H-pyrrole nitrogens is 1. The van der Waals surface area contributed by atoms with Gasteiger partial charge >= 0.3 is 0 Å². The molecule has 0 spiro atoms. The molecule has 0 saturated heterocycles. The molecule has 3 aromatic carbocycles. The van der Waals surface area contributed by atoms with Crippen molar-refractivity contribution in [2.75, 3.05) is 0 Å². The molecule has 4 nitrogen and oxygen atoms in total. The Kier molecular flexibility index (Phi) is 4.96. The predicted molar refractivity (Wildman–Crippen MR) is 114 cm³/mol. The molecular weight excluding hydrogens is 360 g/mol. The fourth-order valence-corrected chi connectivity index (χ4v) is 3.56. The second kappa shape index (κ2) is 7.06. The SMILES string of the molecule is Cc1cc(O)c(-c2ccc([C@@H](C)N)cc2)c2c1[nH]c(=O)c1ccccc12.Cl. The summed E-state index contributed by atoms with van der Waals surface area (Å²) in [6.45, 7) is 3.82. The van der Waals surface area contributed by atoms with E-state index in [2.05, 4.69) is 4.98 Å². The van der Waals surface area contributed by atoms with Gasteiger partial charge in [0.1, 0.15) is 5.75 Å². The molecule has 138 valence electrons. The maximum atomic E-state index is 12.5. The lowest BCUT2D eigenvalue weighted by atomic mass is 9.93. The van der Waals surface area contributed by atoms with Crippen LogP contribution in [-0.2, 0) is 0 Å². The smallest absolute Gasteiger partial charge is 0.256 e. The van der Waals surface area contributed by atoms with Crippen LogP contribution in [0.25, 0.3) is 32.8 Å². The number of hydrogen-bond acceptors (Lipinski definition) is 3. The summed E-state index contributed by atoms with van der Waals surface area (Å²) >= 11 is 0. The van der Waals surface area contributed by atoms with Crippen molar-refractivity contribution in [3.63, 3.8) is 0 Å². The Labute approximate surface area is 163 Å². The summed E-state index contributed by atoms with van der Waals surface area (Å²) in [4.78, 5) is 15.4. The molecule has 1 heterocycles. The van der Waals surface area contributed by atoms with Gasteiger partial charge in [0.15, 0.2) is 0 Å². The van der Waals surface area contributed by atoms with Crippen LogP contribution < -0.4 is 11.3 Å². The van der Waals surface area contributed by atoms with Gasteiger partial charge in [-0.1, -0.05) is 42.5 Å². The molecule has 5 heteroatoms. The molecule has 0 radical (unpaired) electrons. The molecule has 0 saturated carbocycles. The minimum absolute atomic E-state index is 0. The highest BCUT2D eigenvalue weighted by atomic mass is 35.5. The summed E-state index contributed by atoms with van der Waals surface area (Å²) in [5.74, 6) is 0.195. The number of aromatic hydroxyl groups is 1. The van der Waals surface area contributed by atoms with Crippen molar-refractivity contribution in [3.05, 3.63) is 76.1 Å². The molecule has 4 rings (SSSR count). The number of benzene rings is 3. The molecule has 0 aliphatic rings. The van der Waals surface area contributed by atoms with E-state index in [0.29, 0.717) is 10.9 Å². The maximum Gasteiger partial charge on any atom is 0.256 e. The van der Waals surface area contributed by atoms with Gasteiger partial charge in [0, 0.05) is 22.4 Å². The molecule has 27 heavy (non-hydrogen) atoms. The van der Waals surface area contributed by atoms with Gasteiger partial charge in [0.25, 0.3) is 5.56 Å². The molecule has 1 atom stereocenters. The van der Waals surface area contributed by atoms with E-state index in [4.69, 9.17) is 5.73 Å².